The average molecular weight is 274 g/mol. The monoisotopic (exact) mass is 274 g/mol. The van der Waals surface area contributed by atoms with Gasteiger partial charge in [0.25, 0.3) is 10.1 Å². The molecule has 0 fully saturated rings. The Morgan fingerprint density at radius 1 is 1.11 bits per heavy atom. The van der Waals surface area contributed by atoms with Crippen molar-refractivity contribution in [2.24, 2.45) is 0 Å². The molecule has 1 rings (SSSR count). The maximum atomic E-state index is 10.9. The van der Waals surface area contributed by atoms with Crippen molar-refractivity contribution in [3.8, 4) is 0 Å². The zero-order valence-corrected chi connectivity index (χ0v) is 9.79. The van der Waals surface area contributed by atoms with Crippen LogP contribution in [0.4, 0.5) is 0 Å². The summed E-state index contributed by atoms with van der Waals surface area (Å²) in [5.41, 5.74) is 0.150. The van der Waals surface area contributed by atoms with E-state index in [4.69, 9.17) is 14.8 Å². The summed E-state index contributed by atoms with van der Waals surface area (Å²) >= 11 is 0. The molecule has 0 aromatic heterocycles. The van der Waals surface area contributed by atoms with Crippen molar-refractivity contribution in [3.63, 3.8) is 0 Å². The molecule has 1 unspecified atom stereocenters. The van der Waals surface area contributed by atoms with E-state index < -0.39 is 34.4 Å². The summed E-state index contributed by atoms with van der Waals surface area (Å²) in [5.74, 6) is -3.86. The lowest BCUT2D eigenvalue weighted by Crippen LogP contribution is -2.16. The Hall–Kier alpha value is -1.93. The highest BCUT2D eigenvalue weighted by molar-refractivity contribution is 7.85. The highest BCUT2D eigenvalue weighted by atomic mass is 32.2. The van der Waals surface area contributed by atoms with Crippen molar-refractivity contribution in [1.82, 2.24) is 0 Å². The zero-order valence-electron chi connectivity index (χ0n) is 8.98. The van der Waals surface area contributed by atoms with E-state index in [2.05, 4.69) is 0 Å². The minimum atomic E-state index is -4.35. The fourth-order valence-corrected chi connectivity index (χ4v) is 1.87. The molecule has 0 saturated heterocycles. The van der Waals surface area contributed by atoms with Crippen molar-refractivity contribution < 1.29 is 32.8 Å². The second-order valence-corrected chi connectivity index (χ2v) is 4.95. The number of carboxylic acid groups (broad SMARTS) is 2. The Balaban J connectivity index is 3.09. The normalized spacial score (nSPS) is 12.9. The largest absolute Gasteiger partial charge is 0.481 e. The molecule has 0 radical (unpaired) electrons. The van der Waals surface area contributed by atoms with Crippen LogP contribution in [0.5, 0.6) is 0 Å². The fourth-order valence-electron chi connectivity index (χ4n) is 1.39. The summed E-state index contributed by atoms with van der Waals surface area (Å²) in [6.45, 7) is 0. The van der Waals surface area contributed by atoms with Crippen LogP contribution in [0, 0.1) is 0 Å². The van der Waals surface area contributed by atoms with Gasteiger partial charge in [0.15, 0.2) is 0 Å². The van der Waals surface area contributed by atoms with Gasteiger partial charge in [0.05, 0.1) is 17.2 Å². The maximum Gasteiger partial charge on any atom is 0.311 e. The van der Waals surface area contributed by atoms with E-state index in [0.29, 0.717) is 0 Å². The topological polar surface area (TPSA) is 129 Å². The third-order valence-corrected chi connectivity index (χ3v) is 3.13. The van der Waals surface area contributed by atoms with Crippen LogP contribution in [0.25, 0.3) is 0 Å². The molecule has 0 aliphatic rings. The summed E-state index contributed by atoms with van der Waals surface area (Å²) in [7, 11) is -4.35. The van der Waals surface area contributed by atoms with Crippen LogP contribution in [-0.4, -0.2) is 35.1 Å². The van der Waals surface area contributed by atoms with Crippen molar-refractivity contribution in [2.75, 3.05) is 0 Å². The van der Waals surface area contributed by atoms with Gasteiger partial charge in [-0.05, 0) is 17.7 Å². The Labute approximate surface area is 102 Å². The molecule has 1 aromatic carbocycles. The van der Waals surface area contributed by atoms with Crippen LogP contribution in [0.15, 0.2) is 29.2 Å². The Bertz CT molecular complexity index is 558. The van der Waals surface area contributed by atoms with Crippen LogP contribution in [0.2, 0.25) is 0 Å². The summed E-state index contributed by atoms with van der Waals surface area (Å²) < 4.78 is 30.3. The van der Waals surface area contributed by atoms with E-state index in [1.807, 2.05) is 0 Å². The van der Waals surface area contributed by atoms with Gasteiger partial charge in [0.2, 0.25) is 0 Å². The third kappa shape index (κ3) is 3.54. The molecule has 8 heteroatoms. The van der Waals surface area contributed by atoms with Crippen LogP contribution >= 0.6 is 0 Å². The summed E-state index contributed by atoms with van der Waals surface area (Å²) in [5, 5.41) is 17.5. The molecular weight excluding hydrogens is 264 g/mol. The van der Waals surface area contributed by atoms with Crippen LogP contribution in [0.1, 0.15) is 17.9 Å². The molecule has 7 nitrogen and oxygen atoms in total. The number of benzene rings is 1. The van der Waals surface area contributed by atoms with E-state index in [0.717, 1.165) is 24.3 Å². The van der Waals surface area contributed by atoms with Gasteiger partial charge >= 0.3 is 11.9 Å². The summed E-state index contributed by atoms with van der Waals surface area (Å²) in [6.07, 6.45) is -0.611. The van der Waals surface area contributed by atoms with Crippen molar-refractivity contribution in [1.29, 1.82) is 0 Å². The van der Waals surface area contributed by atoms with Crippen LogP contribution in [0.3, 0.4) is 0 Å². The standard InChI is InChI=1S/C10H10O7S/c11-9(12)5-8(10(13)14)6-1-3-7(4-2-6)18(15,16)17/h1-4,8H,5H2,(H,11,12)(H,13,14)(H,15,16,17). The first-order valence-corrected chi connectivity index (χ1v) is 6.18. The number of rotatable bonds is 5. The molecule has 0 aliphatic heterocycles. The number of hydrogen-bond acceptors (Lipinski definition) is 4. The lowest BCUT2D eigenvalue weighted by Gasteiger charge is -2.10. The van der Waals surface area contributed by atoms with Gasteiger partial charge < -0.3 is 10.2 Å². The zero-order chi connectivity index (χ0) is 13.9. The predicted octanol–water partition coefficient (Wildman–Crippen LogP) is 0.576. The minimum absolute atomic E-state index is 0.150. The van der Waals surface area contributed by atoms with Crippen LogP contribution in [-0.2, 0) is 19.7 Å². The third-order valence-electron chi connectivity index (χ3n) is 2.26. The molecule has 1 atom stereocenters. The van der Waals surface area contributed by atoms with E-state index in [1.54, 1.807) is 0 Å². The molecule has 0 heterocycles. The average Bonchev–Trinajstić information content (AvgIpc) is 2.24. The Morgan fingerprint density at radius 3 is 1.94 bits per heavy atom. The lowest BCUT2D eigenvalue weighted by atomic mass is 9.96. The van der Waals surface area contributed by atoms with Crippen molar-refractivity contribution in [2.45, 2.75) is 17.2 Å². The van der Waals surface area contributed by atoms with Gasteiger partial charge in [0.1, 0.15) is 0 Å². The minimum Gasteiger partial charge on any atom is -0.481 e. The van der Waals surface area contributed by atoms with E-state index in [1.165, 1.54) is 0 Å². The smallest absolute Gasteiger partial charge is 0.311 e. The molecule has 3 N–H and O–H groups in total. The first kappa shape index (κ1) is 14.1. The van der Waals surface area contributed by atoms with Gasteiger partial charge in [-0.15, -0.1) is 0 Å². The molecular formula is C10H10O7S. The lowest BCUT2D eigenvalue weighted by molar-refractivity contribution is -0.145. The summed E-state index contributed by atoms with van der Waals surface area (Å²) in [6, 6.07) is 4.35. The van der Waals surface area contributed by atoms with E-state index in [-0.39, 0.29) is 10.5 Å². The number of carbonyl (C=O) groups is 2. The molecule has 0 aliphatic carbocycles. The second kappa shape index (κ2) is 5.15. The van der Waals surface area contributed by atoms with Gasteiger partial charge in [-0.25, -0.2) is 0 Å². The SMILES string of the molecule is O=C(O)CC(C(=O)O)c1ccc(S(=O)(=O)O)cc1. The Morgan fingerprint density at radius 2 is 1.61 bits per heavy atom. The van der Waals surface area contributed by atoms with Gasteiger partial charge in [-0.3, -0.25) is 14.1 Å². The molecule has 1 aromatic rings. The van der Waals surface area contributed by atoms with Gasteiger partial charge in [0, 0.05) is 0 Å². The molecule has 0 saturated carbocycles. The fraction of sp³-hybridized carbons (Fsp3) is 0.200. The quantitative estimate of drug-likeness (QED) is 0.669. The predicted molar refractivity (Wildman–Crippen MR) is 58.9 cm³/mol. The summed E-state index contributed by atoms with van der Waals surface area (Å²) in [4.78, 5) is 21.0. The number of hydrogen-bond donors (Lipinski definition) is 3. The molecule has 0 spiro atoms. The van der Waals surface area contributed by atoms with Gasteiger partial charge in [-0.2, -0.15) is 8.42 Å². The second-order valence-electron chi connectivity index (χ2n) is 3.53. The Kier molecular flexibility index (Phi) is 4.04. The first-order valence-electron chi connectivity index (χ1n) is 4.74. The number of aliphatic carboxylic acids is 2. The van der Waals surface area contributed by atoms with Gasteiger partial charge in [-0.1, -0.05) is 12.1 Å². The van der Waals surface area contributed by atoms with Crippen molar-refractivity contribution in [3.05, 3.63) is 29.8 Å². The molecule has 0 amide bonds. The van der Waals surface area contributed by atoms with Crippen LogP contribution < -0.4 is 0 Å². The molecule has 18 heavy (non-hydrogen) atoms. The maximum absolute atomic E-state index is 10.9. The van der Waals surface area contributed by atoms with E-state index >= 15 is 0 Å². The van der Waals surface area contributed by atoms with Crippen molar-refractivity contribution >= 4 is 22.1 Å². The highest BCUT2D eigenvalue weighted by Crippen LogP contribution is 2.21. The highest BCUT2D eigenvalue weighted by Gasteiger charge is 2.23. The molecule has 0 bridgehead atoms. The number of carboxylic acids is 2. The molecule has 98 valence electrons. The van der Waals surface area contributed by atoms with E-state index in [9.17, 15) is 18.0 Å². The first-order chi connectivity index (χ1) is 8.21.